The average Bonchev–Trinajstić information content (AvgIpc) is 2.44. The zero-order valence-electron chi connectivity index (χ0n) is 9.41. The van der Waals surface area contributed by atoms with Crippen molar-refractivity contribution in [2.75, 3.05) is 0 Å². The third-order valence-corrected chi connectivity index (χ3v) is 2.51. The summed E-state index contributed by atoms with van der Waals surface area (Å²) in [5, 5.41) is 0. The van der Waals surface area contributed by atoms with Gasteiger partial charge in [-0.1, -0.05) is 0 Å². The smallest absolute Gasteiger partial charge is 0.307 e. The lowest BCUT2D eigenvalue weighted by atomic mass is 10.1. The number of aliphatic imine (C=N–C) groups is 1. The van der Waals surface area contributed by atoms with Crippen molar-refractivity contribution in [3.8, 4) is 0 Å². The van der Waals surface area contributed by atoms with E-state index in [-0.39, 0.29) is 0 Å². The summed E-state index contributed by atoms with van der Waals surface area (Å²) in [6.45, 7) is 10.1. The summed E-state index contributed by atoms with van der Waals surface area (Å²) in [5.41, 5.74) is 4.41. The van der Waals surface area contributed by atoms with Gasteiger partial charge in [-0.25, -0.2) is 0 Å². The van der Waals surface area contributed by atoms with Crippen LogP contribution in [-0.4, -0.2) is 5.84 Å². The quantitative estimate of drug-likeness (QED) is 0.450. The molecule has 1 aromatic heterocycles. The molecule has 2 nitrogen and oxygen atoms in total. The molecule has 0 N–H and O–H groups in total. The van der Waals surface area contributed by atoms with Crippen LogP contribution in [0.5, 0.6) is 0 Å². The van der Waals surface area contributed by atoms with Gasteiger partial charge in [0, 0.05) is 12.3 Å². The highest BCUT2D eigenvalue weighted by Crippen LogP contribution is 2.14. The molecule has 0 aliphatic carbocycles. The van der Waals surface area contributed by atoms with Crippen LogP contribution in [0.1, 0.15) is 18.3 Å². The number of nitrogens with zero attached hydrogens (tertiary/aromatic N) is 2. The molecular weight excluding hydrogens is 184 g/mol. The normalized spacial score (nSPS) is 15.8. The maximum Gasteiger partial charge on any atom is 0.307 e. The van der Waals surface area contributed by atoms with Gasteiger partial charge in [0.05, 0.1) is 18.1 Å². The van der Waals surface area contributed by atoms with Crippen molar-refractivity contribution in [1.29, 1.82) is 0 Å². The first-order valence-electron chi connectivity index (χ1n) is 5.04. The number of hydrogen-bond donors (Lipinski definition) is 0. The van der Waals surface area contributed by atoms with Crippen molar-refractivity contribution >= 4 is 5.84 Å². The fourth-order valence-corrected chi connectivity index (χ4v) is 1.86. The van der Waals surface area contributed by atoms with E-state index in [1.807, 2.05) is 6.42 Å². The predicted molar refractivity (Wildman–Crippen MR) is 61.7 cm³/mol. The van der Waals surface area contributed by atoms with E-state index in [0.717, 1.165) is 11.5 Å². The molecule has 0 amide bonds. The summed E-state index contributed by atoms with van der Waals surface area (Å²) in [4.78, 5) is 4.45. The molecule has 0 bridgehead atoms. The molecular formula is C13H15N2+. The summed E-state index contributed by atoms with van der Waals surface area (Å²) in [6, 6.07) is 4.20. The zero-order chi connectivity index (χ0) is 11.0. The van der Waals surface area contributed by atoms with Crippen molar-refractivity contribution in [2.45, 2.75) is 20.8 Å². The molecule has 76 valence electrons. The second kappa shape index (κ2) is 3.46. The van der Waals surface area contributed by atoms with Crippen LogP contribution in [0.3, 0.4) is 0 Å². The summed E-state index contributed by atoms with van der Waals surface area (Å²) in [6.07, 6.45) is 4.06. The monoisotopic (exact) mass is 199 g/mol. The maximum atomic E-state index is 4.45. The minimum atomic E-state index is 0.817. The molecule has 1 aliphatic heterocycles. The standard InChI is InChI=1S/C13H15N2/c1-9-7-10(2)14-13(8-9)15-11(3)5-6-12(15)4/h5-8H,2H2,1,3-4H3/q+1. The molecule has 0 fully saturated rings. The first-order chi connectivity index (χ1) is 7.08. The summed E-state index contributed by atoms with van der Waals surface area (Å²) < 4.78 is 2.14. The van der Waals surface area contributed by atoms with Gasteiger partial charge < -0.3 is 4.57 Å². The summed E-state index contributed by atoms with van der Waals surface area (Å²) in [7, 11) is 0. The van der Waals surface area contributed by atoms with E-state index in [1.54, 1.807) is 0 Å². The first-order valence-corrected chi connectivity index (χ1v) is 5.04. The minimum Gasteiger partial charge on any atom is -0.314 e. The van der Waals surface area contributed by atoms with Gasteiger partial charge in [0.1, 0.15) is 0 Å². The lowest BCUT2D eigenvalue weighted by Gasteiger charge is -2.08. The molecule has 15 heavy (non-hydrogen) atoms. The Morgan fingerprint density at radius 1 is 1.47 bits per heavy atom. The van der Waals surface area contributed by atoms with Gasteiger partial charge in [-0.3, -0.25) is 0 Å². The van der Waals surface area contributed by atoms with E-state index >= 15 is 0 Å². The van der Waals surface area contributed by atoms with E-state index in [2.05, 4.69) is 55.1 Å². The Bertz CT molecular complexity index is 453. The van der Waals surface area contributed by atoms with Crippen LogP contribution >= 0.6 is 0 Å². The Morgan fingerprint density at radius 3 is 2.73 bits per heavy atom. The number of allylic oxidation sites excluding steroid dienone is 2. The van der Waals surface area contributed by atoms with Gasteiger partial charge in [-0.2, -0.15) is 0 Å². The van der Waals surface area contributed by atoms with E-state index in [9.17, 15) is 0 Å². The molecule has 0 saturated carbocycles. The van der Waals surface area contributed by atoms with Crippen LogP contribution in [0, 0.1) is 20.3 Å². The molecule has 0 radical (unpaired) electrons. The van der Waals surface area contributed by atoms with Crippen LogP contribution < -0.4 is 4.57 Å². The highest BCUT2D eigenvalue weighted by atomic mass is 15.1. The maximum absolute atomic E-state index is 4.45. The molecule has 2 rings (SSSR count). The highest BCUT2D eigenvalue weighted by Gasteiger charge is 2.21. The molecule has 0 unspecified atom stereocenters. The summed E-state index contributed by atoms with van der Waals surface area (Å²) >= 11 is 0. The van der Waals surface area contributed by atoms with Gasteiger partial charge in [-0.05, 0) is 31.5 Å². The first kappa shape index (κ1) is 9.84. The molecule has 2 heterocycles. The van der Waals surface area contributed by atoms with E-state index in [4.69, 9.17) is 0 Å². The third-order valence-electron chi connectivity index (χ3n) is 2.51. The fraction of sp³-hybridized carbons (Fsp3) is 0.231. The number of rotatable bonds is 0. The van der Waals surface area contributed by atoms with Crippen molar-refractivity contribution in [1.82, 2.24) is 0 Å². The molecule has 1 aliphatic rings. The van der Waals surface area contributed by atoms with Gasteiger partial charge in [0.15, 0.2) is 0 Å². The average molecular weight is 199 g/mol. The van der Waals surface area contributed by atoms with Crippen molar-refractivity contribution < 1.29 is 4.57 Å². The Hall–Kier alpha value is -1.70. The molecule has 2 heteroatoms. The molecule has 0 saturated heterocycles. The second-order valence-corrected chi connectivity index (χ2v) is 3.95. The highest BCUT2D eigenvalue weighted by molar-refractivity contribution is 5.89. The molecule has 0 atom stereocenters. The van der Waals surface area contributed by atoms with Crippen LogP contribution in [0.15, 0.2) is 41.1 Å². The SMILES string of the molecule is C=C1[CH+]C(C)=CC([n+]2c(C)cc[c-]2C)=N1. The predicted octanol–water partition coefficient (Wildman–Crippen LogP) is 2.23. The number of hydrogen-bond acceptors (Lipinski definition) is 1. The molecule has 0 spiro atoms. The third kappa shape index (κ3) is 1.75. The van der Waals surface area contributed by atoms with Crippen LogP contribution in [0.4, 0.5) is 0 Å². The lowest BCUT2D eigenvalue weighted by molar-refractivity contribution is -0.564. The van der Waals surface area contributed by atoms with Crippen LogP contribution in [-0.2, 0) is 0 Å². The topological polar surface area (TPSA) is 16.2 Å². The van der Waals surface area contributed by atoms with Gasteiger partial charge in [-0.15, -0.1) is 12.1 Å². The van der Waals surface area contributed by atoms with E-state index in [0.29, 0.717) is 0 Å². The van der Waals surface area contributed by atoms with Crippen LogP contribution in [0.25, 0.3) is 0 Å². The fourth-order valence-electron chi connectivity index (χ4n) is 1.86. The Labute approximate surface area is 90.6 Å². The van der Waals surface area contributed by atoms with Gasteiger partial charge in [0.2, 0.25) is 0 Å². The molecule has 0 aromatic carbocycles. The number of aryl methyl sites for hydroxylation is 2. The van der Waals surface area contributed by atoms with Crippen molar-refractivity contribution in [3.05, 3.63) is 53.9 Å². The number of dihydropyridines is 1. The van der Waals surface area contributed by atoms with Crippen molar-refractivity contribution in [3.63, 3.8) is 0 Å². The number of aromatic nitrogens is 1. The largest absolute Gasteiger partial charge is 0.314 e. The van der Waals surface area contributed by atoms with Gasteiger partial charge >= 0.3 is 5.84 Å². The van der Waals surface area contributed by atoms with E-state index < -0.39 is 0 Å². The minimum absolute atomic E-state index is 0.817. The van der Waals surface area contributed by atoms with E-state index in [1.165, 1.54) is 17.0 Å². The van der Waals surface area contributed by atoms with Crippen LogP contribution in [0.2, 0.25) is 0 Å². The zero-order valence-corrected chi connectivity index (χ0v) is 9.41. The van der Waals surface area contributed by atoms with Gasteiger partial charge in [0.25, 0.3) is 5.70 Å². The Kier molecular flexibility index (Phi) is 2.27. The summed E-state index contributed by atoms with van der Waals surface area (Å²) in [5.74, 6) is 0.958. The molecule has 1 aromatic rings. The van der Waals surface area contributed by atoms with Crippen molar-refractivity contribution in [2.24, 2.45) is 4.99 Å². The second-order valence-electron chi connectivity index (χ2n) is 3.95. The Balaban J connectivity index is 2.52. The Morgan fingerprint density at radius 2 is 2.20 bits per heavy atom. The lowest BCUT2D eigenvalue weighted by Crippen LogP contribution is -2.45.